The summed E-state index contributed by atoms with van der Waals surface area (Å²) in [4.78, 5) is 15.2. The van der Waals surface area contributed by atoms with E-state index in [1.807, 2.05) is 30.0 Å². The summed E-state index contributed by atoms with van der Waals surface area (Å²) in [5.41, 5.74) is 6.15. The molecule has 37 heavy (non-hydrogen) atoms. The number of halogens is 1. The van der Waals surface area contributed by atoms with E-state index in [0.29, 0.717) is 43.9 Å². The van der Waals surface area contributed by atoms with Gasteiger partial charge in [0, 0.05) is 50.2 Å². The highest BCUT2D eigenvalue weighted by Gasteiger charge is 2.44. The van der Waals surface area contributed by atoms with Gasteiger partial charge in [-0.05, 0) is 82.1 Å². The summed E-state index contributed by atoms with van der Waals surface area (Å²) < 4.78 is 26.6. The number of rotatable bonds is 10. The topological polar surface area (TPSA) is 85.0 Å². The quantitative estimate of drug-likeness (QED) is 0.422. The zero-order valence-electron chi connectivity index (χ0n) is 22.1. The molecule has 1 aliphatic heterocycles. The Balaban J connectivity index is 1.65. The van der Waals surface area contributed by atoms with Crippen LogP contribution in [0.1, 0.15) is 62.5 Å². The van der Waals surface area contributed by atoms with Crippen LogP contribution < -0.4 is 10.5 Å². The van der Waals surface area contributed by atoms with E-state index in [1.54, 1.807) is 25.3 Å². The number of benzene rings is 2. The molecule has 4 unspecified atom stereocenters. The maximum atomic E-state index is 15.3. The van der Waals surface area contributed by atoms with Crippen LogP contribution in [0.25, 0.3) is 0 Å². The number of unbranched alkanes of at least 4 members (excludes halogenated alkanes) is 1. The molecule has 1 saturated heterocycles. The second kappa shape index (κ2) is 12.4. The van der Waals surface area contributed by atoms with Gasteiger partial charge in [-0.15, -0.1) is 0 Å². The first-order chi connectivity index (χ1) is 17.8. The van der Waals surface area contributed by atoms with Crippen molar-refractivity contribution in [2.75, 3.05) is 26.8 Å². The van der Waals surface area contributed by atoms with Crippen molar-refractivity contribution in [2.24, 2.45) is 17.6 Å². The number of methoxy groups -OCH3 is 1. The summed E-state index contributed by atoms with van der Waals surface area (Å²) in [6.45, 7) is 3.65. The van der Waals surface area contributed by atoms with Crippen molar-refractivity contribution in [3.8, 4) is 11.5 Å². The molecule has 3 N–H and O–H groups in total. The van der Waals surface area contributed by atoms with E-state index in [9.17, 15) is 9.90 Å². The van der Waals surface area contributed by atoms with Gasteiger partial charge in [-0.3, -0.25) is 4.79 Å². The van der Waals surface area contributed by atoms with Crippen molar-refractivity contribution in [3.05, 3.63) is 59.4 Å². The van der Waals surface area contributed by atoms with Crippen molar-refractivity contribution in [2.45, 2.75) is 69.9 Å². The summed E-state index contributed by atoms with van der Waals surface area (Å²) in [5, 5.41) is 12.4. The third kappa shape index (κ3) is 6.51. The van der Waals surface area contributed by atoms with Gasteiger partial charge in [0.2, 0.25) is 5.91 Å². The highest BCUT2D eigenvalue weighted by Crippen LogP contribution is 2.45. The van der Waals surface area contributed by atoms with Crippen LogP contribution in [0.2, 0.25) is 0 Å². The molecule has 202 valence electrons. The Labute approximate surface area is 219 Å². The fourth-order valence-electron chi connectivity index (χ4n) is 6.02. The second-order valence-corrected chi connectivity index (χ2v) is 10.8. The number of carbonyl (C=O) groups is 1. The fourth-order valence-corrected chi connectivity index (χ4v) is 6.02. The Morgan fingerprint density at radius 1 is 1.19 bits per heavy atom. The lowest BCUT2D eigenvalue weighted by molar-refractivity contribution is -0.141. The maximum absolute atomic E-state index is 15.3. The van der Waals surface area contributed by atoms with Crippen LogP contribution in [0.4, 0.5) is 4.39 Å². The van der Waals surface area contributed by atoms with Crippen LogP contribution >= 0.6 is 0 Å². The van der Waals surface area contributed by atoms with Gasteiger partial charge < -0.3 is 25.2 Å². The average Bonchev–Trinajstić information content (AvgIpc) is 3.33. The predicted molar refractivity (Wildman–Crippen MR) is 142 cm³/mol. The molecular weight excluding hydrogens is 471 g/mol. The number of aryl methyl sites for hydroxylation is 1. The molecule has 1 amide bonds. The van der Waals surface area contributed by atoms with E-state index in [-0.39, 0.29) is 29.5 Å². The summed E-state index contributed by atoms with van der Waals surface area (Å²) in [5.74, 6) is -0.103. The SMILES string of the molecule is COCCCCC(O)(c1cccc(F)c1Oc1cccc(C)c1)C1CCCN(C(=O)C2CCC(N)C2)C1. The number of aliphatic hydroxyl groups is 1. The number of nitrogens with two attached hydrogens (primary N) is 1. The molecule has 1 saturated carbocycles. The van der Waals surface area contributed by atoms with Gasteiger partial charge >= 0.3 is 0 Å². The van der Waals surface area contributed by atoms with Crippen LogP contribution in [0, 0.1) is 24.6 Å². The van der Waals surface area contributed by atoms with Gasteiger partial charge in [-0.25, -0.2) is 4.39 Å². The normalized spacial score (nSPS) is 23.6. The first kappa shape index (κ1) is 27.6. The van der Waals surface area contributed by atoms with Crippen LogP contribution in [0.15, 0.2) is 42.5 Å². The Morgan fingerprint density at radius 3 is 2.73 bits per heavy atom. The van der Waals surface area contributed by atoms with E-state index < -0.39 is 11.4 Å². The summed E-state index contributed by atoms with van der Waals surface area (Å²) in [6, 6.07) is 12.3. The molecule has 0 spiro atoms. The molecule has 0 bridgehead atoms. The number of ether oxygens (including phenoxy) is 2. The molecule has 2 fully saturated rings. The van der Waals surface area contributed by atoms with E-state index in [4.69, 9.17) is 15.2 Å². The summed E-state index contributed by atoms with van der Waals surface area (Å²) in [7, 11) is 1.66. The minimum absolute atomic E-state index is 0.0436. The van der Waals surface area contributed by atoms with Crippen molar-refractivity contribution in [3.63, 3.8) is 0 Å². The summed E-state index contributed by atoms with van der Waals surface area (Å²) in [6.07, 6.45) is 5.85. The lowest BCUT2D eigenvalue weighted by Gasteiger charge is -2.44. The number of piperidine rings is 1. The zero-order valence-corrected chi connectivity index (χ0v) is 22.1. The molecule has 4 rings (SSSR count). The number of carbonyl (C=O) groups excluding carboxylic acids is 1. The van der Waals surface area contributed by atoms with Crippen LogP contribution in [0.3, 0.4) is 0 Å². The molecule has 7 heteroatoms. The number of likely N-dealkylation sites (tertiary alicyclic amines) is 1. The van der Waals surface area contributed by atoms with Crippen molar-refractivity contribution >= 4 is 5.91 Å². The molecule has 0 radical (unpaired) electrons. The third-order valence-corrected chi connectivity index (χ3v) is 8.03. The fraction of sp³-hybridized carbons (Fsp3) is 0.567. The van der Waals surface area contributed by atoms with Gasteiger partial charge in [0.05, 0.1) is 5.60 Å². The van der Waals surface area contributed by atoms with E-state index in [2.05, 4.69) is 0 Å². The Morgan fingerprint density at radius 2 is 2.00 bits per heavy atom. The van der Waals surface area contributed by atoms with E-state index in [0.717, 1.165) is 44.1 Å². The molecule has 0 aromatic heterocycles. The van der Waals surface area contributed by atoms with Gasteiger partial charge in [0.15, 0.2) is 11.6 Å². The standard InChI is InChI=1S/C30H41FN2O4/c1-21-8-5-10-25(18-21)37-28-26(11-6-12-27(28)31)30(35,15-3-4-17-36-2)23-9-7-16-33(20-23)29(34)22-13-14-24(32)19-22/h5-6,8,10-12,18,22-24,35H,3-4,7,9,13-17,19-20,32H2,1-2H3. The maximum Gasteiger partial charge on any atom is 0.225 e. The minimum atomic E-state index is -1.36. The molecule has 2 aliphatic rings. The molecule has 2 aromatic carbocycles. The van der Waals surface area contributed by atoms with E-state index >= 15 is 4.39 Å². The molecule has 2 aromatic rings. The number of amides is 1. The Bertz CT molecular complexity index is 1060. The molecular formula is C30H41FN2O4. The van der Waals surface area contributed by atoms with Gasteiger partial charge in [-0.1, -0.05) is 24.3 Å². The predicted octanol–water partition coefficient (Wildman–Crippen LogP) is 5.30. The highest BCUT2D eigenvalue weighted by molar-refractivity contribution is 5.79. The van der Waals surface area contributed by atoms with Crippen molar-refractivity contribution in [1.82, 2.24) is 4.90 Å². The summed E-state index contributed by atoms with van der Waals surface area (Å²) >= 11 is 0. The van der Waals surface area contributed by atoms with Crippen molar-refractivity contribution < 1.29 is 23.8 Å². The molecule has 6 nitrogen and oxygen atoms in total. The third-order valence-electron chi connectivity index (χ3n) is 8.03. The smallest absolute Gasteiger partial charge is 0.225 e. The van der Waals surface area contributed by atoms with Crippen LogP contribution in [-0.4, -0.2) is 48.8 Å². The number of nitrogens with zero attached hydrogens (tertiary/aromatic N) is 1. The van der Waals surface area contributed by atoms with Crippen LogP contribution in [0.5, 0.6) is 11.5 Å². The first-order valence-electron chi connectivity index (χ1n) is 13.6. The van der Waals surface area contributed by atoms with Gasteiger partial charge in [0.25, 0.3) is 0 Å². The monoisotopic (exact) mass is 512 g/mol. The Kier molecular flexibility index (Phi) is 9.22. The first-order valence-corrected chi connectivity index (χ1v) is 13.6. The van der Waals surface area contributed by atoms with Crippen molar-refractivity contribution in [1.29, 1.82) is 0 Å². The lowest BCUT2D eigenvalue weighted by Crippen LogP contribution is -2.49. The van der Waals surface area contributed by atoms with E-state index in [1.165, 1.54) is 6.07 Å². The number of hydrogen-bond acceptors (Lipinski definition) is 5. The Hall–Kier alpha value is -2.48. The molecule has 4 atom stereocenters. The second-order valence-electron chi connectivity index (χ2n) is 10.8. The molecule has 1 heterocycles. The van der Waals surface area contributed by atoms with Crippen LogP contribution in [-0.2, 0) is 15.1 Å². The average molecular weight is 513 g/mol. The number of para-hydroxylation sites is 1. The largest absolute Gasteiger partial charge is 0.454 e. The zero-order chi connectivity index (χ0) is 26.4. The van der Waals surface area contributed by atoms with Gasteiger partial charge in [-0.2, -0.15) is 0 Å². The van der Waals surface area contributed by atoms with Gasteiger partial charge in [0.1, 0.15) is 5.75 Å². The minimum Gasteiger partial charge on any atom is -0.454 e. The lowest BCUT2D eigenvalue weighted by atomic mass is 9.73. The highest BCUT2D eigenvalue weighted by atomic mass is 19.1. The number of hydrogen-bond donors (Lipinski definition) is 2. The molecule has 1 aliphatic carbocycles.